The molecule has 0 saturated carbocycles. The minimum absolute atomic E-state index is 0.145. The lowest BCUT2D eigenvalue weighted by Crippen LogP contribution is -2.54. The number of hydrogen-bond donors (Lipinski definition) is 1. The number of nitrogens with zero attached hydrogens (tertiary/aromatic N) is 5. The third-order valence-electron chi connectivity index (χ3n) is 5.85. The van der Waals surface area contributed by atoms with Crippen LogP contribution >= 0.6 is 0 Å². The van der Waals surface area contributed by atoms with Gasteiger partial charge in [0.15, 0.2) is 0 Å². The number of carbonyl (C=O) groups excluding carboxylic acids is 1. The third-order valence-corrected chi connectivity index (χ3v) is 5.85. The SMILES string of the molecule is Cc1cccc(N2CCN(C(=O)CN3CCNCC3c3nccn3C)CC2)c1. The lowest BCUT2D eigenvalue weighted by atomic mass is 10.1. The molecule has 1 aromatic heterocycles. The molecular weight excluding hydrogens is 352 g/mol. The van der Waals surface area contributed by atoms with Gasteiger partial charge in [0.05, 0.1) is 12.6 Å². The fourth-order valence-corrected chi connectivity index (χ4v) is 4.20. The Morgan fingerprint density at radius 3 is 2.75 bits per heavy atom. The lowest BCUT2D eigenvalue weighted by Gasteiger charge is -2.39. The molecule has 2 aromatic rings. The Morgan fingerprint density at radius 2 is 2.04 bits per heavy atom. The van der Waals surface area contributed by atoms with Crippen molar-refractivity contribution < 1.29 is 4.79 Å². The molecule has 150 valence electrons. The van der Waals surface area contributed by atoms with Crippen LogP contribution in [0, 0.1) is 6.92 Å². The second-order valence-electron chi connectivity index (χ2n) is 7.79. The van der Waals surface area contributed by atoms with E-state index in [0.29, 0.717) is 6.54 Å². The highest BCUT2D eigenvalue weighted by molar-refractivity contribution is 5.78. The van der Waals surface area contributed by atoms with Gasteiger partial charge in [-0.15, -0.1) is 0 Å². The normalized spacial score (nSPS) is 21.1. The predicted molar refractivity (Wildman–Crippen MR) is 110 cm³/mol. The Bertz CT molecular complexity index is 811. The summed E-state index contributed by atoms with van der Waals surface area (Å²) in [6.45, 7) is 8.54. The van der Waals surface area contributed by atoms with E-state index in [4.69, 9.17) is 0 Å². The summed E-state index contributed by atoms with van der Waals surface area (Å²) in [5.41, 5.74) is 2.53. The molecule has 0 bridgehead atoms. The van der Waals surface area contributed by atoms with E-state index >= 15 is 0 Å². The molecule has 1 aromatic carbocycles. The minimum Gasteiger partial charge on any atom is -0.368 e. The van der Waals surface area contributed by atoms with Crippen LogP contribution in [0.1, 0.15) is 17.4 Å². The Hall–Kier alpha value is -2.38. The van der Waals surface area contributed by atoms with Crippen LogP contribution in [-0.4, -0.2) is 77.6 Å². The van der Waals surface area contributed by atoms with E-state index in [9.17, 15) is 4.79 Å². The minimum atomic E-state index is 0.145. The van der Waals surface area contributed by atoms with Gasteiger partial charge in [-0.05, 0) is 24.6 Å². The zero-order valence-corrected chi connectivity index (χ0v) is 16.8. The first kappa shape index (κ1) is 19.0. The molecule has 2 fully saturated rings. The zero-order chi connectivity index (χ0) is 19.5. The fraction of sp³-hybridized carbons (Fsp3) is 0.524. The number of carbonyl (C=O) groups is 1. The van der Waals surface area contributed by atoms with Gasteiger partial charge in [0, 0.05) is 70.9 Å². The fourth-order valence-electron chi connectivity index (χ4n) is 4.20. The maximum atomic E-state index is 13.0. The van der Waals surface area contributed by atoms with Gasteiger partial charge in [0.25, 0.3) is 0 Å². The standard InChI is InChI=1S/C21H30N6O/c1-17-4-3-5-18(14-17)25-10-12-26(13-11-25)20(28)16-27-9-6-22-15-19(27)21-23-7-8-24(21)2/h3-5,7-8,14,19,22H,6,9-13,15-16H2,1-2H3. The molecular formula is C21H30N6O. The molecule has 2 aliphatic rings. The van der Waals surface area contributed by atoms with E-state index in [1.165, 1.54) is 11.3 Å². The average Bonchev–Trinajstić information content (AvgIpc) is 3.14. The van der Waals surface area contributed by atoms with Crippen LogP contribution in [-0.2, 0) is 11.8 Å². The summed E-state index contributed by atoms with van der Waals surface area (Å²) in [5.74, 6) is 1.24. The number of anilines is 1. The van der Waals surface area contributed by atoms with Gasteiger partial charge in [0.2, 0.25) is 5.91 Å². The molecule has 1 atom stereocenters. The highest BCUT2D eigenvalue weighted by Gasteiger charge is 2.30. The van der Waals surface area contributed by atoms with Crippen LogP contribution in [0.4, 0.5) is 5.69 Å². The molecule has 1 N–H and O–H groups in total. The maximum Gasteiger partial charge on any atom is 0.236 e. The molecule has 7 nitrogen and oxygen atoms in total. The van der Waals surface area contributed by atoms with Crippen molar-refractivity contribution in [2.24, 2.45) is 7.05 Å². The number of hydrogen-bond acceptors (Lipinski definition) is 5. The van der Waals surface area contributed by atoms with Crippen molar-refractivity contribution in [1.29, 1.82) is 0 Å². The molecule has 2 aliphatic heterocycles. The molecule has 0 spiro atoms. The number of rotatable bonds is 4. The zero-order valence-electron chi connectivity index (χ0n) is 16.8. The summed E-state index contributed by atoms with van der Waals surface area (Å²) in [4.78, 5) is 24.2. The number of amides is 1. The van der Waals surface area contributed by atoms with Gasteiger partial charge < -0.3 is 19.7 Å². The van der Waals surface area contributed by atoms with Crippen molar-refractivity contribution >= 4 is 11.6 Å². The smallest absolute Gasteiger partial charge is 0.236 e. The molecule has 7 heteroatoms. The first-order chi connectivity index (χ1) is 13.6. The van der Waals surface area contributed by atoms with Crippen molar-refractivity contribution in [3.05, 3.63) is 48.0 Å². The Kier molecular flexibility index (Phi) is 5.64. The number of aromatic nitrogens is 2. The number of aryl methyl sites for hydroxylation is 2. The molecule has 1 unspecified atom stereocenters. The lowest BCUT2D eigenvalue weighted by molar-refractivity contribution is -0.133. The van der Waals surface area contributed by atoms with Crippen LogP contribution in [0.15, 0.2) is 36.7 Å². The van der Waals surface area contributed by atoms with Crippen LogP contribution in [0.3, 0.4) is 0 Å². The molecule has 28 heavy (non-hydrogen) atoms. The molecule has 0 aliphatic carbocycles. The molecule has 1 amide bonds. The Balaban J connectivity index is 1.35. The van der Waals surface area contributed by atoms with Gasteiger partial charge in [-0.3, -0.25) is 9.69 Å². The summed E-state index contributed by atoms with van der Waals surface area (Å²) in [5, 5.41) is 3.44. The van der Waals surface area contributed by atoms with E-state index in [-0.39, 0.29) is 11.9 Å². The quantitative estimate of drug-likeness (QED) is 0.856. The molecule has 3 heterocycles. The first-order valence-electron chi connectivity index (χ1n) is 10.1. The second-order valence-corrected chi connectivity index (χ2v) is 7.79. The van der Waals surface area contributed by atoms with E-state index in [1.807, 2.05) is 24.3 Å². The first-order valence-corrected chi connectivity index (χ1v) is 10.1. The van der Waals surface area contributed by atoms with Crippen LogP contribution < -0.4 is 10.2 Å². The number of benzene rings is 1. The monoisotopic (exact) mass is 382 g/mol. The van der Waals surface area contributed by atoms with Gasteiger partial charge in [0.1, 0.15) is 5.82 Å². The number of nitrogens with one attached hydrogen (secondary N) is 1. The number of imidazole rings is 1. The van der Waals surface area contributed by atoms with E-state index < -0.39 is 0 Å². The van der Waals surface area contributed by atoms with Crippen LogP contribution in [0.25, 0.3) is 0 Å². The molecule has 0 radical (unpaired) electrons. The topological polar surface area (TPSA) is 56.6 Å². The predicted octanol–water partition coefficient (Wildman–Crippen LogP) is 1.02. The largest absolute Gasteiger partial charge is 0.368 e. The van der Waals surface area contributed by atoms with E-state index in [2.05, 4.69) is 55.9 Å². The third kappa shape index (κ3) is 4.05. The Labute approximate surface area is 166 Å². The van der Waals surface area contributed by atoms with Gasteiger partial charge in [-0.25, -0.2) is 4.98 Å². The van der Waals surface area contributed by atoms with Crippen molar-refractivity contribution in [3.63, 3.8) is 0 Å². The van der Waals surface area contributed by atoms with Crippen molar-refractivity contribution in [1.82, 2.24) is 24.7 Å². The van der Waals surface area contributed by atoms with E-state index in [1.54, 1.807) is 0 Å². The summed E-state index contributed by atoms with van der Waals surface area (Å²) in [6, 6.07) is 8.74. The summed E-state index contributed by atoms with van der Waals surface area (Å²) >= 11 is 0. The molecule has 4 rings (SSSR count). The van der Waals surface area contributed by atoms with Crippen LogP contribution in [0.5, 0.6) is 0 Å². The summed E-state index contributed by atoms with van der Waals surface area (Å²) in [7, 11) is 2.02. The average molecular weight is 383 g/mol. The summed E-state index contributed by atoms with van der Waals surface area (Å²) < 4.78 is 2.05. The van der Waals surface area contributed by atoms with Gasteiger partial charge in [-0.1, -0.05) is 12.1 Å². The van der Waals surface area contributed by atoms with Crippen LogP contribution in [0.2, 0.25) is 0 Å². The van der Waals surface area contributed by atoms with E-state index in [0.717, 1.165) is 51.6 Å². The summed E-state index contributed by atoms with van der Waals surface area (Å²) in [6.07, 6.45) is 3.79. The van der Waals surface area contributed by atoms with Crippen molar-refractivity contribution in [2.75, 3.05) is 57.3 Å². The maximum absolute atomic E-state index is 13.0. The Morgan fingerprint density at radius 1 is 1.21 bits per heavy atom. The highest BCUT2D eigenvalue weighted by Crippen LogP contribution is 2.21. The van der Waals surface area contributed by atoms with Crippen molar-refractivity contribution in [3.8, 4) is 0 Å². The van der Waals surface area contributed by atoms with Gasteiger partial charge in [-0.2, -0.15) is 0 Å². The number of piperazine rings is 2. The van der Waals surface area contributed by atoms with Gasteiger partial charge >= 0.3 is 0 Å². The highest BCUT2D eigenvalue weighted by atomic mass is 16.2. The van der Waals surface area contributed by atoms with Crippen molar-refractivity contribution in [2.45, 2.75) is 13.0 Å². The second kappa shape index (κ2) is 8.32. The molecule has 2 saturated heterocycles.